The number of aromatic hydroxyl groups is 1. The Morgan fingerprint density at radius 1 is 1.38 bits per heavy atom. The van der Waals surface area contributed by atoms with Crippen molar-refractivity contribution < 1.29 is 5.11 Å². The Balaban J connectivity index is 2.65. The maximum absolute atomic E-state index is 9.83. The largest absolute Gasteiger partial charge is 0.506 e. The summed E-state index contributed by atoms with van der Waals surface area (Å²) in [4.78, 5) is 0. The topological polar surface area (TPSA) is 20.2 Å². The minimum absolute atomic E-state index is 0.410. The van der Waals surface area contributed by atoms with Crippen LogP contribution in [-0.2, 0) is 6.42 Å². The molecule has 1 aromatic heterocycles. The zero-order chi connectivity index (χ0) is 9.26. The maximum Gasteiger partial charge on any atom is 0.136 e. The Kier molecular flexibility index (Phi) is 2.07. The molecule has 0 saturated heterocycles. The van der Waals surface area contributed by atoms with Gasteiger partial charge in [-0.3, -0.25) is 0 Å². The van der Waals surface area contributed by atoms with Crippen LogP contribution in [0.2, 0.25) is 0 Å². The highest BCUT2D eigenvalue weighted by Crippen LogP contribution is 2.33. The van der Waals surface area contributed by atoms with E-state index in [9.17, 15) is 5.11 Å². The molecule has 1 nitrogen and oxygen atoms in total. The van der Waals surface area contributed by atoms with Gasteiger partial charge in [0.25, 0.3) is 0 Å². The van der Waals surface area contributed by atoms with Crippen molar-refractivity contribution in [1.29, 1.82) is 0 Å². The molecule has 0 bridgehead atoms. The molecule has 0 aliphatic heterocycles. The highest BCUT2D eigenvalue weighted by atomic mass is 32.1. The number of hydrogen-bond acceptors (Lipinski definition) is 2. The number of hydrogen-bond donors (Lipinski definition) is 1. The summed E-state index contributed by atoms with van der Waals surface area (Å²) in [6, 6.07) is 5.99. The van der Waals surface area contributed by atoms with E-state index in [1.165, 1.54) is 0 Å². The molecule has 1 heterocycles. The number of benzene rings is 1. The predicted octanol–water partition coefficient (Wildman–Crippen LogP) is 3.34. The van der Waals surface area contributed by atoms with Crippen LogP contribution in [0.4, 0.5) is 0 Å². The predicted molar refractivity (Wildman–Crippen MR) is 57.4 cm³/mol. The smallest absolute Gasteiger partial charge is 0.136 e. The summed E-state index contributed by atoms with van der Waals surface area (Å²) in [5, 5.41) is 12.9. The fraction of sp³-hybridized carbons (Fsp3) is 0.0909. The fourth-order valence-electron chi connectivity index (χ4n) is 1.38. The molecule has 0 aliphatic carbocycles. The minimum Gasteiger partial charge on any atom is -0.506 e. The van der Waals surface area contributed by atoms with Gasteiger partial charge in [0, 0.05) is 0 Å². The van der Waals surface area contributed by atoms with Gasteiger partial charge in [-0.2, -0.15) is 0 Å². The summed E-state index contributed by atoms with van der Waals surface area (Å²) in [5.74, 6) is 0.410. The lowest BCUT2D eigenvalue weighted by Crippen LogP contribution is -1.81. The first-order chi connectivity index (χ1) is 6.33. The van der Waals surface area contributed by atoms with Gasteiger partial charge < -0.3 is 5.11 Å². The van der Waals surface area contributed by atoms with Gasteiger partial charge >= 0.3 is 0 Å². The number of phenolic OH excluding ortho intramolecular Hbond substituents is 1. The summed E-state index contributed by atoms with van der Waals surface area (Å²) >= 11 is 1.57. The Hall–Kier alpha value is -1.28. The lowest BCUT2D eigenvalue weighted by Gasteiger charge is -2.01. The van der Waals surface area contributed by atoms with Crippen molar-refractivity contribution in [2.75, 3.05) is 0 Å². The summed E-state index contributed by atoms with van der Waals surface area (Å²) < 4.78 is 0.972. The molecule has 66 valence electrons. The van der Waals surface area contributed by atoms with Gasteiger partial charge in [0.15, 0.2) is 0 Å². The zero-order valence-corrected chi connectivity index (χ0v) is 7.97. The van der Waals surface area contributed by atoms with Crippen LogP contribution in [0.25, 0.3) is 10.1 Å². The molecular formula is C11H10OS. The van der Waals surface area contributed by atoms with Crippen molar-refractivity contribution in [3.05, 3.63) is 41.8 Å². The first kappa shape index (κ1) is 8.32. The molecule has 1 aromatic carbocycles. The molecule has 2 aromatic rings. The molecule has 0 amide bonds. The van der Waals surface area contributed by atoms with Crippen LogP contribution >= 0.6 is 11.3 Å². The summed E-state index contributed by atoms with van der Waals surface area (Å²) in [6.07, 6.45) is 2.52. The second-order valence-corrected chi connectivity index (χ2v) is 3.82. The number of rotatable bonds is 2. The van der Waals surface area contributed by atoms with Crippen LogP contribution in [0.15, 0.2) is 36.2 Å². The molecule has 0 spiro atoms. The quantitative estimate of drug-likeness (QED) is 0.720. The second kappa shape index (κ2) is 3.23. The SMILES string of the molecule is C=CCc1ccc2ccsc2c1O. The van der Waals surface area contributed by atoms with Gasteiger partial charge in [0.05, 0.1) is 4.70 Å². The highest BCUT2D eigenvalue weighted by molar-refractivity contribution is 7.17. The average molecular weight is 190 g/mol. The van der Waals surface area contributed by atoms with Crippen molar-refractivity contribution in [3.63, 3.8) is 0 Å². The first-order valence-corrected chi connectivity index (χ1v) is 5.00. The molecule has 0 fully saturated rings. The van der Waals surface area contributed by atoms with E-state index in [0.717, 1.165) is 22.1 Å². The van der Waals surface area contributed by atoms with Gasteiger partial charge in [-0.05, 0) is 28.8 Å². The third-order valence-corrected chi connectivity index (χ3v) is 2.98. The van der Waals surface area contributed by atoms with E-state index < -0.39 is 0 Å². The van der Waals surface area contributed by atoms with Crippen molar-refractivity contribution in [3.8, 4) is 5.75 Å². The number of phenols is 1. The van der Waals surface area contributed by atoms with Crippen LogP contribution in [0.5, 0.6) is 5.75 Å². The molecule has 1 N–H and O–H groups in total. The molecular weight excluding hydrogens is 180 g/mol. The number of allylic oxidation sites excluding steroid dienone is 1. The monoisotopic (exact) mass is 190 g/mol. The Morgan fingerprint density at radius 2 is 2.23 bits per heavy atom. The van der Waals surface area contributed by atoms with Gasteiger partial charge in [-0.25, -0.2) is 0 Å². The standard InChI is InChI=1S/C11H10OS/c1-2-3-8-4-5-9-6-7-13-11(9)10(8)12/h2,4-7,12H,1,3H2. The third-order valence-electron chi connectivity index (χ3n) is 2.04. The lowest BCUT2D eigenvalue weighted by molar-refractivity contribution is 0.477. The zero-order valence-electron chi connectivity index (χ0n) is 7.16. The van der Waals surface area contributed by atoms with Crippen molar-refractivity contribution >= 4 is 21.4 Å². The van der Waals surface area contributed by atoms with Crippen LogP contribution < -0.4 is 0 Å². The van der Waals surface area contributed by atoms with Gasteiger partial charge in [-0.15, -0.1) is 17.9 Å². The lowest BCUT2D eigenvalue weighted by atomic mass is 10.1. The van der Waals surface area contributed by atoms with Crippen molar-refractivity contribution in [2.24, 2.45) is 0 Å². The first-order valence-electron chi connectivity index (χ1n) is 4.12. The maximum atomic E-state index is 9.83. The van der Waals surface area contributed by atoms with E-state index in [4.69, 9.17) is 0 Å². The van der Waals surface area contributed by atoms with Crippen molar-refractivity contribution in [2.45, 2.75) is 6.42 Å². The Morgan fingerprint density at radius 3 is 3.00 bits per heavy atom. The highest BCUT2D eigenvalue weighted by Gasteiger charge is 2.05. The molecule has 13 heavy (non-hydrogen) atoms. The molecule has 0 unspecified atom stereocenters. The Bertz CT molecular complexity index is 442. The molecule has 2 rings (SSSR count). The Labute approximate surface area is 81.0 Å². The molecule has 2 heteroatoms. The number of fused-ring (bicyclic) bond motifs is 1. The molecule has 0 atom stereocenters. The van der Waals surface area contributed by atoms with Gasteiger partial charge in [-0.1, -0.05) is 18.2 Å². The average Bonchev–Trinajstić information content (AvgIpc) is 2.58. The third kappa shape index (κ3) is 1.33. The van der Waals surface area contributed by atoms with E-state index in [1.54, 1.807) is 17.4 Å². The minimum atomic E-state index is 0.410. The summed E-state index contributed by atoms with van der Waals surface area (Å²) in [6.45, 7) is 3.66. The van der Waals surface area contributed by atoms with E-state index in [0.29, 0.717) is 5.75 Å². The van der Waals surface area contributed by atoms with Gasteiger partial charge in [0.1, 0.15) is 5.75 Å². The number of thiophene rings is 1. The van der Waals surface area contributed by atoms with Crippen LogP contribution in [0.1, 0.15) is 5.56 Å². The van der Waals surface area contributed by atoms with E-state index in [1.807, 2.05) is 23.6 Å². The molecule has 0 radical (unpaired) electrons. The summed E-state index contributed by atoms with van der Waals surface area (Å²) in [5.41, 5.74) is 0.949. The van der Waals surface area contributed by atoms with Crippen molar-refractivity contribution in [1.82, 2.24) is 0 Å². The van der Waals surface area contributed by atoms with Crippen LogP contribution in [-0.4, -0.2) is 5.11 Å². The van der Waals surface area contributed by atoms with Gasteiger partial charge in [0.2, 0.25) is 0 Å². The van der Waals surface area contributed by atoms with Crippen LogP contribution in [0.3, 0.4) is 0 Å². The van der Waals surface area contributed by atoms with E-state index in [-0.39, 0.29) is 0 Å². The summed E-state index contributed by atoms with van der Waals surface area (Å²) in [7, 11) is 0. The molecule has 0 aliphatic rings. The normalized spacial score (nSPS) is 10.5. The van der Waals surface area contributed by atoms with E-state index >= 15 is 0 Å². The second-order valence-electron chi connectivity index (χ2n) is 2.91. The molecule has 0 saturated carbocycles. The van der Waals surface area contributed by atoms with E-state index in [2.05, 4.69) is 6.58 Å². The van der Waals surface area contributed by atoms with Crippen LogP contribution in [0, 0.1) is 0 Å². The fourth-order valence-corrected chi connectivity index (χ4v) is 2.24.